The molecule has 0 N–H and O–H groups in total. The first-order chi connectivity index (χ1) is 11.2. The fourth-order valence-electron chi connectivity index (χ4n) is 3.36. The number of morpholine rings is 1. The van der Waals surface area contributed by atoms with Crippen LogP contribution < -0.4 is 9.80 Å². The second-order valence-electron chi connectivity index (χ2n) is 6.48. The van der Waals surface area contributed by atoms with Crippen LogP contribution in [0.25, 0.3) is 5.65 Å². The van der Waals surface area contributed by atoms with Gasteiger partial charge in [0.15, 0.2) is 5.65 Å². The van der Waals surface area contributed by atoms with Crippen LogP contribution in [0.15, 0.2) is 18.3 Å². The van der Waals surface area contributed by atoms with E-state index >= 15 is 0 Å². The number of aromatic nitrogens is 3. The predicted octanol–water partition coefficient (Wildman–Crippen LogP) is 0.706. The smallest absolute Gasteiger partial charge is 0.159 e. The fourth-order valence-corrected chi connectivity index (χ4v) is 3.36. The van der Waals surface area contributed by atoms with Gasteiger partial charge in [0.2, 0.25) is 0 Å². The number of nitrogens with zero attached hydrogens (tertiary/aromatic N) is 6. The molecule has 2 aromatic rings. The average molecular weight is 316 g/mol. The molecule has 0 bridgehead atoms. The predicted molar refractivity (Wildman–Crippen MR) is 90.3 cm³/mol. The lowest BCUT2D eigenvalue weighted by molar-refractivity contribution is 0.0985. The van der Waals surface area contributed by atoms with Crippen molar-refractivity contribution >= 4 is 17.3 Å². The van der Waals surface area contributed by atoms with Crippen molar-refractivity contribution in [3.05, 3.63) is 18.3 Å². The molecule has 1 atom stereocenters. The molecule has 0 radical (unpaired) electrons. The highest BCUT2D eigenvalue weighted by Crippen LogP contribution is 2.25. The zero-order valence-corrected chi connectivity index (χ0v) is 13.9. The normalized spacial score (nSPS) is 23.7. The van der Waals surface area contributed by atoms with E-state index in [2.05, 4.69) is 39.8 Å². The van der Waals surface area contributed by atoms with Crippen molar-refractivity contribution in [2.45, 2.75) is 13.0 Å². The lowest BCUT2D eigenvalue weighted by atomic mass is 10.2. The van der Waals surface area contributed by atoms with Gasteiger partial charge < -0.3 is 19.4 Å². The van der Waals surface area contributed by atoms with Gasteiger partial charge in [0, 0.05) is 44.9 Å². The molecule has 4 rings (SSSR count). The molecule has 7 heteroatoms. The van der Waals surface area contributed by atoms with Gasteiger partial charge in [0.25, 0.3) is 0 Å². The van der Waals surface area contributed by atoms with Crippen molar-refractivity contribution in [2.75, 3.05) is 62.8 Å². The van der Waals surface area contributed by atoms with E-state index in [0.717, 1.165) is 63.2 Å². The Bertz CT molecular complexity index is 678. The Morgan fingerprint density at radius 2 is 2.00 bits per heavy atom. The van der Waals surface area contributed by atoms with E-state index in [9.17, 15) is 0 Å². The Hall–Kier alpha value is -1.86. The summed E-state index contributed by atoms with van der Waals surface area (Å²) in [6, 6.07) is 4.52. The molecule has 0 amide bonds. The van der Waals surface area contributed by atoms with E-state index in [1.165, 1.54) is 0 Å². The zero-order valence-electron chi connectivity index (χ0n) is 13.9. The zero-order chi connectivity index (χ0) is 15.8. The fraction of sp³-hybridized carbons (Fsp3) is 0.625. The van der Waals surface area contributed by atoms with Crippen molar-refractivity contribution in [3.8, 4) is 0 Å². The third-order valence-corrected chi connectivity index (χ3v) is 4.82. The van der Waals surface area contributed by atoms with Crippen LogP contribution in [0.2, 0.25) is 0 Å². The molecular formula is C16H24N6O. The van der Waals surface area contributed by atoms with Gasteiger partial charge in [0.1, 0.15) is 11.6 Å². The lowest BCUT2D eigenvalue weighted by Crippen LogP contribution is -2.46. The number of hydrogen-bond donors (Lipinski definition) is 0. The Morgan fingerprint density at radius 1 is 1.17 bits per heavy atom. The number of hydrogen-bond acceptors (Lipinski definition) is 6. The molecule has 4 heterocycles. The van der Waals surface area contributed by atoms with Gasteiger partial charge in [-0.05, 0) is 14.0 Å². The second-order valence-corrected chi connectivity index (χ2v) is 6.48. The van der Waals surface area contributed by atoms with Gasteiger partial charge in [0.05, 0.1) is 25.5 Å². The van der Waals surface area contributed by atoms with E-state index in [0.29, 0.717) is 6.04 Å². The largest absolute Gasteiger partial charge is 0.377 e. The summed E-state index contributed by atoms with van der Waals surface area (Å²) in [5, 5.41) is 4.47. The summed E-state index contributed by atoms with van der Waals surface area (Å²) < 4.78 is 7.52. The SMILES string of the molecule is CC1COCCN1c1cc(N2CCN(C)CC2)n2nccc2n1. The van der Waals surface area contributed by atoms with Gasteiger partial charge in [-0.25, -0.2) is 4.98 Å². The first-order valence-electron chi connectivity index (χ1n) is 8.35. The molecule has 0 saturated carbocycles. The van der Waals surface area contributed by atoms with Crippen LogP contribution in [-0.4, -0.2) is 78.5 Å². The monoisotopic (exact) mass is 316 g/mol. The first kappa shape index (κ1) is 14.7. The van der Waals surface area contributed by atoms with Crippen LogP contribution in [0.4, 0.5) is 11.6 Å². The standard InChI is InChI=1S/C16H24N6O/c1-13-12-23-10-9-21(13)15-11-16(20-7-5-19(2)6-8-20)22-14(18-15)3-4-17-22/h3-4,11,13H,5-10,12H2,1-2H3. The van der Waals surface area contributed by atoms with Crippen LogP contribution in [0.1, 0.15) is 6.92 Å². The van der Waals surface area contributed by atoms with E-state index in [4.69, 9.17) is 9.72 Å². The van der Waals surface area contributed by atoms with Gasteiger partial charge in [-0.2, -0.15) is 9.61 Å². The van der Waals surface area contributed by atoms with Crippen LogP contribution in [0.3, 0.4) is 0 Å². The summed E-state index contributed by atoms with van der Waals surface area (Å²) in [6.07, 6.45) is 1.83. The minimum atomic E-state index is 0.349. The van der Waals surface area contributed by atoms with Gasteiger partial charge in [-0.15, -0.1) is 0 Å². The van der Waals surface area contributed by atoms with Crippen molar-refractivity contribution in [3.63, 3.8) is 0 Å². The number of fused-ring (bicyclic) bond motifs is 1. The topological polar surface area (TPSA) is 49.1 Å². The van der Waals surface area contributed by atoms with Crippen LogP contribution in [0, 0.1) is 0 Å². The Kier molecular flexibility index (Phi) is 3.82. The molecular weight excluding hydrogens is 292 g/mol. The number of anilines is 2. The lowest BCUT2D eigenvalue weighted by Gasteiger charge is -2.36. The quantitative estimate of drug-likeness (QED) is 0.813. The third-order valence-electron chi connectivity index (χ3n) is 4.82. The third kappa shape index (κ3) is 2.74. The number of likely N-dealkylation sites (N-methyl/N-ethyl adjacent to an activating group) is 1. The van der Waals surface area contributed by atoms with Crippen molar-refractivity contribution in [1.82, 2.24) is 19.5 Å². The summed E-state index contributed by atoms with van der Waals surface area (Å²) in [4.78, 5) is 11.9. The highest BCUT2D eigenvalue weighted by molar-refractivity contribution is 5.59. The number of rotatable bonds is 2. The maximum Gasteiger partial charge on any atom is 0.159 e. The summed E-state index contributed by atoms with van der Waals surface area (Å²) in [6.45, 7) is 8.80. The van der Waals surface area contributed by atoms with E-state index in [-0.39, 0.29) is 0 Å². The molecule has 0 spiro atoms. The average Bonchev–Trinajstić information content (AvgIpc) is 3.04. The maximum atomic E-state index is 5.56. The maximum absolute atomic E-state index is 5.56. The minimum Gasteiger partial charge on any atom is -0.377 e. The van der Waals surface area contributed by atoms with Crippen LogP contribution >= 0.6 is 0 Å². The highest BCUT2D eigenvalue weighted by Gasteiger charge is 2.24. The van der Waals surface area contributed by atoms with Crippen molar-refractivity contribution in [1.29, 1.82) is 0 Å². The van der Waals surface area contributed by atoms with Gasteiger partial charge >= 0.3 is 0 Å². The van der Waals surface area contributed by atoms with Gasteiger partial charge in [-0.3, -0.25) is 0 Å². The molecule has 2 saturated heterocycles. The molecule has 124 valence electrons. The molecule has 23 heavy (non-hydrogen) atoms. The number of ether oxygens (including phenoxy) is 1. The summed E-state index contributed by atoms with van der Waals surface area (Å²) >= 11 is 0. The molecule has 0 aromatic carbocycles. The van der Waals surface area contributed by atoms with Crippen molar-refractivity contribution < 1.29 is 4.74 Å². The Morgan fingerprint density at radius 3 is 2.78 bits per heavy atom. The van der Waals surface area contributed by atoms with Crippen molar-refractivity contribution in [2.24, 2.45) is 0 Å². The molecule has 2 aliphatic heterocycles. The molecule has 7 nitrogen and oxygen atoms in total. The second kappa shape index (κ2) is 5.98. The summed E-state index contributed by atoms with van der Waals surface area (Å²) in [5.41, 5.74) is 0.912. The first-order valence-corrected chi connectivity index (χ1v) is 8.35. The minimum absolute atomic E-state index is 0.349. The van der Waals surface area contributed by atoms with E-state index < -0.39 is 0 Å². The van der Waals surface area contributed by atoms with Crippen LogP contribution in [-0.2, 0) is 4.74 Å². The molecule has 1 unspecified atom stereocenters. The van der Waals surface area contributed by atoms with Crippen LogP contribution in [0.5, 0.6) is 0 Å². The summed E-state index contributed by atoms with van der Waals surface area (Å²) in [5.74, 6) is 2.17. The molecule has 2 fully saturated rings. The molecule has 2 aliphatic rings. The number of piperazine rings is 1. The Balaban J connectivity index is 1.72. The molecule has 0 aliphatic carbocycles. The van der Waals surface area contributed by atoms with Gasteiger partial charge in [-0.1, -0.05) is 0 Å². The molecule has 2 aromatic heterocycles. The Labute approximate surface area is 136 Å². The highest BCUT2D eigenvalue weighted by atomic mass is 16.5. The van der Waals surface area contributed by atoms with E-state index in [1.807, 2.05) is 16.8 Å². The summed E-state index contributed by atoms with van der Waals surface area (Å²) in [7, 11) is 2.17. The van der Waals surface area contributed by atoms with E-state index in [1.54, 1.807) is 0 Å².